The number of rotatable bonds is 4. The zero-order valence-corrected chi connectivity index (χ0v) is 17.3. The summed E-state index contributed by atoms with van der Waals surface area (Å²) in [6, 6.07) is 14.7. The summed E-state index contributed by atoms with van der Waals surface area (Å²) in [5.74, 6) is -2.18. The van der Waals surface area contributed by atoms with Gasteiger partial charge in [-0.2, -0.15) is 0 Å². The molecule has 6 heteroatoms. The van der Waals surface area contributed by atoms with Crippen LogP contribution in [-0.2, 0) is 14.4 Å². The quantitative estimate of drug-likeness (QED) is 0.430. The molecule has 1 fully saturated rings. The molecule has 2 aromatic carbocycles. The molecule has 0 N–H and O–H groups in total. The van der Waals surface area contributed by atoms with Crippen molar-refractivity contribution >= 4 is 72.5 Å². The molecule has 1 saturated heterocycles. The van der Waals surface area contributed by atoms with E-state index in [2.05, 4.69) is 31.9 Å². The number of allylic oxidation sites excluding steroid dienone is 2. The van der Waals surface area contributed by atoms with Crippen LogP contribution in [0.3, 0.4) is 0 Å². The maximum atomic E-state index is 12.5. The summed E-state index contributed by atoms with van der Waals surface area (Å²) >= 11 is 7.52. The van der Waals surface area contributed by atoms with Crippen LogP contribution in [0.1, 0.15) is 11.1 Å². The Labute approximate surface area is 171 Å². The highest BCUT2D eigenvalue weighted by atomic mass is 79.9. The van der Waals surface area contributed by atoms with Crippen molar-refractivity contribution in [2.45, 2.75) is 0 Å². The molecule has 2 aromatic rings. The van der Waals surface area contributed by atoms with Gasteiger partial charge in [0.05, 0.1) is 4.91 Å². The molecule has 1 aliphatic heterocycles. The largest absolute Gasteiger partial charge is 0.293 e. The van der Waals surface area contributed by atoms with Gasteiger partial charge in [0.2, 0.25) is 5.12 Å². The third-order valence-corrected chi connectivity index (χ3v) is 5.75. The van der Waals surface area contributed by atoms with Gasteiger partial charge in [-0.15, -0.1) is 0 Å². The summed E-state index contributed by atoms with van der Waals surface area (Å²) in [6.45, 7) is 0. The zero-order valence-electron chi connectivity index (χ0n) is 13.3. The highest BCUT2D eigenvalue weighted by Gasteiger charge is 2.42. The van der Waals surface area contributed by atoms with Crippen LogP contribution in [0.15, 0.2) is 68.5 Å². The average molecular weight is 492 g/mol. The van der Waals surface area contributed by atoms with E-state index in [1.54, 1.807) is 12.2 Å². The highest BCUT2D eigenvalue weighted by Crippen LogP contribution is 2.35. The van der Waals surface area contributed by atoms with Crippen molar-refractivity contribution in [1.82, 2.24) is 0 Å². The smallest absolute Gasteiger partial charge is 0.212 e. The second-order valence-corrected chi connectivity index (χ2v) is 8.44. The van der Waals surface area contributed by atoms with Gasteiger partial charge in [0, 0.05) is 8.95 Å². The summed E-state index contributed by atoms with van der Waals surface area (Å²) in [5.41, 5.74) is 1.62. The fourth-order valence-electron chi connectivity index (χ4n) is 2.37. The van der Waals surface area contributed by atoms with Gasteiger partial charge in [-0.1, -0.05) is 62.2 Å². The first-order valence-electron chi connectivity index (χ1n) is 7.65. The van der Waals surface area contributed by atoms with Gasteiger partial charge in [0.25, 0.3) is 0 Å². The molecule has 0 radical (unpaired) electrons. The second-order valence-electron chi connectivity index (χ2n) is 5.57. The fraction of sp³-hybridized carbons (Fsp3) is 0.0500. The minimum atomic E-state index is -1.26. The van der Waals surface area contributed by atoms with Gasteiger partial charge in [0.15, 0.2) is 17.5 Å². The van der Waals surface area contributed by atoms with E-state index in [1.165, 1.54) is 6.08 Å². The van der Waals surface area contributed by atoms with Crippen LogP contribution in [0.5, 0.6) is 0 Å². The van der Waals surface area contributed by atoms with E-state index in [1.807, 2.05) is 48.5 Å². The Kier molecular flexibility index (Phi) is 6.06. The Morgan fingerprint density at radius 3 is 2.00 bits per heavy atom. The van der Waals surface area contributed by atoms with E-state index >= 15 is 0 Å². The number of carbonyl (C=O) groups is 3. The standard InChI is InChI=1S/C20H12Br2O3S/c21-14-6-1-12(2-7-14)5-10-16(23)18-19(24)17(26-20(18)25)11-13-3-8-15(22)9-4-13/h1-11,18H/b10-5+,17-11-. The molecule has 0 bridgehead atoms. The number of Topliss-reactive ketones (excluding diaryl/α,β-unsaturated/α-hetero) is 1. The van der Waals surface area contributed by atoms with Crippen molar-refractivity contribution in [2.75, 3.05) is 0 Å². The zero-order chi connectivity index (χ0) is 18.7. The Hall–Kier alpha value is -1.76. The normalized spacial score (nSPS) is 18.8. The van der Waals surface area contributed by atoms with Gasteiger partial charge in [-0.3, -0.25) is 14.4 Å². The molecule has 0 amide bonds. The summed E-state index contributed by atoms with van der Waals surface area (Å²) in [6.07, 6.45) is 4.55. The van der Waals surface area contributed by atoms with Crippen LogP contribution in [0, 0.1) is 5.92 Å². The first-order chi connectivity index (χ1) is 12.4. The van der Waals surface area contributed by atoms with Crippen LogP contribution in [-0.4, -0.2) is 16.7 Å². The number of hydrogen-bond donors (Lipinski definition) is 0. The molecule has 1 heterocycles. The average Bonchev–Trinajstić information content (AvgIpc) is 2.90. The van der Waals surface area contributed by atoms with Crippen LogP contribution in [0.25, 0.3) is 12.2 Å². The molecule has 130 valence electrons. The topological polar surface area (TPSA) is 51.2 Å². The maximum Gasteiger partial charge on any atom is 0.212 e. The number of carbonyl (C=O) groups excluding carboxylic acids is 3. The van der Waals surface area contributed by atoms with Crippen LogP contribution >= 0.6 is 43.6 Å². The molecule has 1 unspecified atom stereocenters. The Morgan fingerprint density at radius 1 is 0.885 bits per heavy atom. The van der Waals surface area contributed by atoms with Crippen molar-refractivity contribution in [3.8, 4) is 0 Å². The lowest BCUT2D eigenvalue weighted by molar-refractivity contribution is -0.131. The van der Waals surface area contributed by atoms with E-state index in [0.29, 0.717) is 4.91 Å². The molecule has 0 aliphatic carbocycles. The molecule has 26 heavy (non-hydrogen) atoms. The van der Waals surface area contributed by atoms with Crippen LogP contribution < -0.4 is 0 Å². The predicted octanol–water partition coefficient (Wildman–Crippen LogP) is 5.29. The Morgan fingerprint density at radius 2 is 1.42 bits per heavy atom. The monoisotopic (exact) mass is 490 g/mol. The number of halogens is 2. The van der Waals surface area contributed by atoms with Gasteiger partial charge in [-0.05, 0) is 59.3 Å². The Bertz CT molecular complexity index is 929. The lowest BCUT2D eigenvalue weighted by atomic mass is 9.98. The second kappa shape index (κ2) is 8.29. The van der Waals surface area contributed by atoms with Crippen molar-refractivity contribution in [2.24, 2.45) is 5.92 Å². The lowest BCUT2D eigenvalue weighted by Crippen LogP contribution is -2.23. The lowest BCUT2D eigenvalue weighted by Gasteiger charge is -2.00. The van der Waals surface area contributed by atoms with Crippen molar-refractivity contribution in [3.05, 3.63) is 79.6 Å². The molecule has 3 nitrogen and oxygen atoms in total. The van der Waals surface area contributed by atoms with Crippen LogP contribution in [0.4, 0.5) is 0 Å². The minimum absolute atomic E-state index is 0.299. The van der Waals surface area contributed by atoms with Gasteiger partial charge < -0.3 is 0 Å². The number of hydrogen-bond acceptors (Lipinski definition) is 4. The summed E-state index contributed by atoms with van der Waals surface area (Å²) in [5, 5.41) is -0.427. The Balaban J connectivity index is 1.76. The van der Waals surface area contributed by atoms with Crippen molar-refractivity contribution in [3.63, 3.8) is 0 Å². The van der Waals surface area contributed by atoms with Gasteiger partial charge in [0.1, 0.15) is 0 Å². The molecule has 0 saturated carbocycles. The molecule has 0 aromatic heterocycles. The van der Waals surface area contributed by atoms with Crippen molar-refractivity contribution < 1.29 is 14.4 Å². The SMILES string of the molecule is O=C(/C=C/c1ccc(Br)cc1)C1C(=O)S/C(=C\c2ccc(Br)cc2)C1=O. The van der Waals surface area contributed by atoms with E-state index in [0.717, 1.165) is 31.8 Å². The number of ketones is 2. The van der Waals surface area contributed by atoms with Gasteiger partial charge >= 0.3 is 0 Å². The fourth-order valence-corrected chi connectivity index (χ4v) is 3.87. The van der Waals surface area contributed by atoms with E-state index in [9.17, 15) is 14.4 Å². The number of benzene rings is 2. The molecular formula is C20H12Br2O3S. The first-order valence-corrected chi connectivity index (χ1v) is 10.0. The minimum Gasteiger partial charge on any atom is -0.293 e. The summed E-state index contributed by atoms with van der Waals surface area (Å²) in [7, 11) is 0. The molecular weight excluding hydrogens is 480 g/mol. The summed E-state index contributed by atoms with van der Waals surface area (Å²) in [4.78, 5) is 37.3. The van der Waals surface area contributed by atoms with E-state index in [-0.39, 0.29) is 0 Å². The van der Waals surface area contributed by atoms with E-state index < -0.39 is 22.6 Å². The first kappa shape index (κ1) is 19.0. The third-order valence-electron chi connectivity index (χ3n) is 3.71. The van der Waals surface area contributed by atoms with E-state index in [4.69, 9.17) is 0 Å². The van der Waals surface area contributed by atoms with Gasteiger partial charge in [-0.25, -0.2) is 0 Å². The third kappa shape index (κ3) is 4.50. The molecule has 3 rings (SSSR count). The van der Waals surface area contributed by atoms with Crippen molar-refractivity contribution in [1.29, 1.82) is 0 Å². The molecule has 1 aliphatic rings. The molecule has 1 atom stereocenters. The maximum absolute atomic E-state index is 12.5. The van der Waals surface area contributed by atoms with Crippen LogP contribution in [0.2, 0.25) is 0 Å². The predicted molar refractivity (Wildman–Crippen MR) is 111 cm³/mol. The highest BCUT2D eigenvalue weighted by molar-refractivity contribution is 9.10. The number of thioether (sulfide) groups is 1. The summed E-state index contributed by atoms with van der Waals surface area (Å²) < 4.78 is 1.86. The molecule has 0 spiro atoms.